The van der Waals surface area contributed by atoms with Crippen LogP contribution < -0.4 is 5.32 Å². The molecule has 1 aromatic rings. The van der Waals surface area contributed by atoms with Gasteiger partial charge in [0.05, 0.1) is 11.1 Å². The highest BCUT2D eigenvalue weighted by Gasteiger charge is 2.37. The number of carbonyl (C=O) groups excluding carboxylic acids is 1. The van der Waals surface area contributed by atoms with Crippen molar-refractivity contribution in [2.24, 2.45) is 0 Å². The second kappa shape index (κ2) is 5.92. The van der Waals surface area contributed by atoms with Gasteiger partial charge in [-0.05, 0) is 35.0 Å². The molecule has 0 aliphatic carbocycles. The lowest BCUT2D eigenvalue weighted by Gasteiger charge is -2.32. The molecule has 0 aromatic heterocycles. The smallest absolute Gasteiger partial charge is 0.336 e. The molecule has 1 atom stereocenters. The van der Waals surface area contributed by atoms with Crippen LogP contribution in [0.25, 0.3) is 0 Å². The molecule has 0 unspecified atom stereocenters. The average Bonchev–Trinajstić information content (AvgIpc) is 2.37. The van der Waals surface area contributed by atoms with Crippen LogP contribution in [0.3, 0.4) is 0 Å². The van der Waals surface area contributed by atoms with Crippen molar-refractivity contribution in [3.63, 3.8) is 0 Å². The summed E-state index contributed by atoms with van der Waals surface area (Å²) in [6.45, 7) is 3.01. The Balaban J connectivity index is 2.41. The molecule has 1 heterocycles. The zero-order valence-corrected chi connectivity index (χ0v) is 12.7. The molecule has 0 spiro atoms. The average molecular weight is 369 g/mol. The Morgan fingerprint density at radius 2 is 2.10 bits per heavy atom. The number of benzene rings is 1. The number of alkyl halides is 3. The molecule has 3 nitrogen and oxygen atoms in total. The van der Waals surface area contributed by atoms with E-state index in [1.165, 1.54) is 4.90 Å². The minimum atomic E-state index is -4.84. The number of rotatable bonds is 1. The Hall–Kier alpha value is -1.15. The SMILES string of the molecule is C[C@H]1CN(C(=O)c2c(Br)ccc(C(F)(F)F)c2F)CCN1. The van der Waals surface area contributed by atoms with Crippen LogP contribution in [-0.4, -0.2) is 36.5 Å². The quantitative estimate of drug-likeness (QED) is 0.772. The van der Waals surface area contributed by atoms with E-state index in [0.29, 0.717) is 25.7 Å². The fourth-order valence-corrected chi connectivity index (χ4v) is 2.72. The molecule has 1 saturated heterocycles. The van der Waals surface area contributed by atoms with E-state index in [0.717, 1.165) is 6.07 Å². The first kappa shape index (κ1) is 16.2. The maximum Gasteiger partial charge on any atom is 0.419 e. The Morgan fingerprint density at radius 3 is 2.67 bits per heavy atom. The summed E-state index contributed by atoms with van der Waals surface area (Å²) in [5.74, 6) is -2.27. The van der Waals surface area contributed by atoms with E-state index in [9.17, 15) is 22.4 Å². The van der Waals surface area contributed by atoms with Crippen molar-refractivity contribution in [1.82, 2.24) is 10.2 Å². The van der Waals surface area contributed by atoms with Crippen LogP contribution in [0, 0.1) is 5.82 Å². The fraction of sp³-hybridized carbons (Fsp3) is 0.462. The standard InChI is InChI=1S/C13H13BrF4N2O/c1-7-6-20(5-4-19-7)12(21)10-9(14)3-2-8(11(10)15)13(16,17)18/h2-3,7,19H,4-6H2,1H3/t7-/m0/s1. The maximum absolute atomic E-state index is 14.1. The molecule has 1 aliphatic rings. The summed E-state index contributed by atoms with van der Waals surface area (Å²) < 4.78 is 52.4. The maximum atomic E-state index is 14.1. The van der Waals surface area contributed by atoms with E-state index in [1.807, 2.05) is 6.92 Å². The van der Waals surface area contributed by atoms with E-state index in [-0.39, 0.29) is 10.5 Å². The molecule has 1 aromatic carbocycles. The first-order valence-electron chi connectivity index (χ1n) is 6.29. The summed E-state index contributed by atoms with van der Waals surface area (Å²) in [4.78, 5) is 13.7. The first-order valence-corrected chi connectivity index (χ1v) is 7.09. The lowest BCUT2D eigenvalue weighted by molar-refractivity contribution is -0.140. The van der Waals surface area contributed by atoms with Crippen LogP contribution in [0.15, 0.2) is 16.6 Å². The number of hydrogen-bond donors (Lipinski definition) is 1. The second-order valence-corrected chi connectivity index (χ2v) is 5.74. The molecule has 1 fully saturated rings. The van der Waals surface area contributed by atoms with Crippen LogP contribution in [0.4, 0.5) is 17.6 Å². The van der Waals surface area contributed by atoms with E-state index >= 15 is 0 Å². The third kappa shape index (κ3) is 3.37. The van der Waals surface area contributed by atoms with E-state index in [4.69, 9.17) is 0 Å². The van der Waals surface area contributed by atoms with E-state index in [2.05, 4.69) is 21.2 Å². The van der Waals surface area contributed by atoms with Crippen molar-refractivity contribution in [3.05, 3.63) is 33.5 Å². The summed E-state index contributed by atoms with van der Waals surface area (Å²) in [6.07, 6.45) is -4.84. The van der Waals surface area contributed by atoms with Gasteiger partial charge in [-0.15, -0.1) is 0 Å². The Bertz CT molecular complexity index is 562. The predicted octanol–water partition coefficient (Wildman–Crippen LogP) is 3.04. The number of piperazine rings is 1. The lowest BCUT2D eigenvalue weighted by atomic mass is 10.1. The predicted molar refractivity (Wildman–Crippen MR) is 72.5 cm³/mol. The van der Waals surface area contributed by atoms with Crippen molar-refractivity contribution < 1.29 is 22.4 Å². The molecule has 1 N–H and O–H groups in total. The van der Waals surface area contributed by atoms with Gasteiger partial charge >= 0.3 is 6.18 Å². The Labute approximate surface area is 127 Å². The van der Waals surface area contributed by atoms with Crippen LogP contribution >= 0.6 is 15.9 Å². The first-order chi connectivity index (χ1) is 9.71. The summed E-state index contributed by atoms with van der Waals surface area (Å²) in [5.41, 5.74) is -2.00. The summed E-state index contributed by atoms with van der Waals surface area (Å²) >= 11 is 2.96. The Kier molecular flexibility index (Phi) is 4.57. The van der Waals surface area contributed by atoms with Crippen LogP contribution in [0.2, 0.25) is 0 Å². The minimum Gasteiger partial charge on any atom is -0.336 e. The summed E-state index contributed by atoms with van der Waals surface area (Å²) in [6, 6.07) is 1.68. The third-order valence-corrected chi connectivity index (χ3v) is 3.93. The van der Waals surface area contributed by atoms with Crippen molar-refractivity contribution >= 4 is 21.8 Å². The number of nitrogens with one attached hydrogen (secondary N) is 1. The summed E-state index contributed by atoms with van der Waals surface area (Å²) in [7, 11) is 0. The topological polar surface area (TPSA) is 32.3 Å². The number of amides is 1. The highest BCUT2D eigenvalue weighted by molar-refractivity contribution is 9.10. The van der Waals surface area contributed by atoms with Gasteiger partial charge in [0.25, 0.3) is 5.91 Å². The molecule has 0 radical (unpaired) electrons. The van der Waals surface area contributed by atoms with Crippen LogP contribution in [0.1, 0.15) is 22.8 Å². The van der Waals surface area contributed by atoms with Crippen molar-refractivity contribution in [2.45, 2.75) is 19.1 Å². The molecule has 116 valence electrons. The fourth-order valence-electron chi connectivity index (χ4n) is 2.24. The van der Waals surface area contributed by atoms with Gasteiger partial charge in [-0.1, -0.05) is 0 Å². The normalized spacial score (nSPS) is 19.7. The van der Waals surface area contributed by atoms with Gasteiger partial charge in [0.2, 0.25) is 0 Å². The lowest BCUT2D eigenvalue weighted by Crippen LogP contribution is -2.51. The van der Waals surface area contributed by atoms with Crippen LogP contribution in [-0.2, 0) is 6.18 Å². The Morgan fingerprint density at radius 1 is 1.43 bits per heavy atom. The van der Waals surface area contributed by atoms with Gasteiger partial charge in [0, 0.05) is 30.1 Å². The zero-order valence-electron chi connectivity index (χ0n) is 11.1. The number of carbonyl (C=O) groups is 1. The number of hydrogen-bond acceptors (Lipinski definition) is 2. The molecule has 21 heavy (non-hydrogen) atoms. The molecular weight excluding hydrogens is 356 g/mol. The zero-order chi connectivity index (χ0) is 15.8. The summed E-state index contributed by atoms with van der Waals surface area (Å²) in [5, 5.41) is 3.10. The van der Waals surface area contributed by atoms with Crippen LogP contribution in [0.5, 0.6) is 0 Å². The van der Waals surface area contributed by atoms with Gasteiger partial charge in [-0.25, -0.2) is 4.39 Å². The largest absolute Gasteiger partial charge is 0.419 e. The molecule has 0 bridgehead atoms. The minimum absolute atomic E-state index is 0.00957. The molecule has 1 amide bonds. The van der Waals surface area contributed by atoms with Gasteiger partial charge in [-0.2, -0.15) is 13.2 Å². The number of nitrogens with zero attached hydrogens (tertiary/aromatic N) is 1. The van der Waals surface area contributed by atoms with Gasteiger partial charge in [0.15, 0.2) is 0 Å². The van der Waals surface area contributed by atoms with Crippen molar-refractivity contribution in [3.8, 4) is 0 Å². The van der Waals surface area contributed by atoms with E-state index < -0.39 is 29.0 Å². The van der Waals surface area contributed by atoms with Gasteiger partial charge in [-0.3, -0.25) is 4.79 Å². The highest BCUT2D eigenvalue weighted by atomic mass is 79.9. The monoisotopic (exact) mass is 368 g/mol. The molecule has 2 rings (SSSR count). The van der Waals surface area contributed by atoms with Gasteiger partial charge in [0.1, 0.15) is 5.82 Å². The van der Waals surface area contributed by atoms with E-state index in [1.54, 1.807) is 0 Å². The molecule has 8 heteroatoms. The second-order valence-electron chi connectivity index (χ2n) is 4.89. The van der Waals surface area contributed by atoms with Crippen molar-refractivity contribution in [1.29, 1.82) is 0 Å². The van der Waals surface area contributed by atoms with Crippen molar-refractivity contribution in [2.75, 3.05) is 19.6 Å². The molecule has 1 aliphatic heterocycles. The number of halogens is 5. The third-order valence-electron chi connectivity index (χ3n) is 3.27. The molecule has 0 saturated carbocycles. The molecular formula is C13H13BrF4N2O. The highest BCUT2D eigenvalue weighted by Crippen LogP contribution is 2.35. The van der Waals surface area contributed by atoms with Gasteiger partial charge < -0.3 is 10.2 Å².